The van der Waals surface area contributed by atoms with Crippen LogP contribution >= 0.6 is 11.8 Å². The van der Waals surface area contributed by atoms with Crippen molar-refractivity contribution in [2.24, 2.45) is 23.2 Å². The van der Waals surface area contributed by atoms with Crippen LogP contribution in [0.15, 0.2) is 12.7 Å². The lowest BCUT2D eigenvalue weighted by Gasteiger charge is -2.34. The summed E-state index contributed by atoms with van der Waals surface area (Å²) < 4.78 is 5.33. The number of aliphatic hydroxyl groups excluding tert-OH is 1. The Hall–Kier alpha value is -2.80. The third-order valence-corrected chi connectivity index (χ3v) is 8.98. The van der Waals surface area contributed by atoms with Gasteiger partial charge in [-0.05, 0) is 76.2 Å². The highest BCUT2D eigenvalue weighted by molar-refractivity contribution is 7.98. The zero-order valence-corrected chi connectivity index (χ0v) is 31.9. The number of alkyl carbamates (subject to hydrolysis) is 1. The zero-order chi connectivity index (χ0) is 37.0. The lowest BCUT2D eigenvalue weighted by Crippen LogP contribution is -2.58. The van der Waals surface area contributed by atoms with E-state index in [2.05, 4.69) is 27.8 Å². The number of hydrogen-bond donors (Lipinski definition) is 5. The first kappa shape index (κ1) is 43.2. The molecule has 48 heavy (non-hydrogen) atoms. The van der Waals surface area contributed by atoms with Crippen LogP contribution in [0.1, 0.15) is 94.9 Å². The first-order valence-corrected chi connectivity index (χ1v) is 18.5. The summed E-state index contributed by atoms with van der Waals surface area (Å²) in [7, 11) is 0. The van der Waals surface area contributed by atoms with Gasteiger partial charge in [0, 0.05) is 13.1 Å². The van der Waals surface area contributed by atoms with Crippen LogP contribution < -0.4 is 21.3 Å². The van der Waals surface area contributed by atoms with Crippen molar-refractivity contribution < 1.29 is 33.8 Å². The number of carbonyl (C=O) groups excluding carboxylic acids is 5. The number of nitrogens with one attached hydrogen (secondary N) is 4. The number of thioether (sulfide) groups is 1. The molecule has 0 bridgehead atoms. The summed E-state index contributed by atoms with van der Waals surface area (Å²) in [6, 6.07) is -3.29. The topological polar surface area (TPSA) is 166 Å². The first-order valence-electron chi connectivity index (χ1n) is 17.1. The molecule has 1 rings (SSSR count). The Balaban J connectivity index is 3.10. The number of carbonyl (C=O) groups is 5. The molecule has 12 nitrogen and oxygen atoms in total. The molecule has 5 amide bonds. The van der Waals surface area contributed by atoms with Crippen molar-refractivity contribution in [3.63, 3.8) is 0 Å². The summed E-state index contributed by atoms with van der Waals surface area (Å²) in [6.45, 7) is 23.1. The minimum atomic E-state index is -1.11. The van der Waals surface area contributed by atoms with Gasteiger partial charge >= 0.3 is 6.09 Å². The van der Waals surface area contributed by atoms with Crippen LogP contribution in [-0.4, -0.2) is 101 Å². The highest BCUT2D eigenvalue weighted by atomic mass is 32.2. The Morgan fingerprint density at radius 2 is 1.65 bits per heavy atom. The van der Waals surface area contributed by atoms with Crippen molar-refractivity contribution in [2.45, 2.75) is 131 Å². The predicted molar refractivity (Wildman–Crippen MR) is 191 cm³/mol. The van der Waals surface area contributed by atoms with Gasteiger partial charge in [-0.3, -0.25) is 19.2 Å². The van der Waals surface area contributed by atoms with Gasteiger partial charge in [0.15, 0.2) is 0 Å². The van der Waals surface area contributed by atoms with Crippen molar-refractivity contribution in [2.75, 3.05) is 25.1 Å². The average molecular weight is 698 g/mol. The van der Waals surface area contributed by atoms with Gasteiger partial charge in [0.05, 0.1) is 17.6 Å². The van der Waals surface area contributed by atoms with Crippen molar-refractivity contribution in [1.82, 2.24) is 26.2 Å². The van der Waals surface area contributed by atoms with E-state index >= 15 is 0 Å². The van der Waals surface area contributed by atoms with E-state index in [9.17, 15) is 29.1 Å². The number of aliphatic hydroxyl groups is 1. The Labute approximate surface area is 292 Å². The minimum absolute atomic E-state index is 0.0661. The van der Waals surface area contributed by atoms with Gasteiger partial charge in [-0.2, -0.15) is 11.8 Å². The largest absolute Gasteiger partial charge is 0.444 e. The molecule has 0 unspecified atom stereocenters. The lowest BCUT2D eigenvalue weighted by molar-refractivity contribution is -0.145. The smallest absolute Gasteiger partial charge is 0.408 e. The maximum absolute atomic E-state index is 13.8. The molecule has 5 N–H and O–H groups in total. The molecular weight excluding hydrogens is 634 g/mol. The van der Waals surface area contributed by atoms with Crippen LogP contribution in [-0.2, 0) is 23.9 Å². The molecule has 0 radical (unpaired) electrons. The van der Waals surface area contributed by atoms with E-state index in [0.29, 0.717) is 31.7 Å². The second-order valence-electron chi connectivity index (χ2n) is 15.3. The van der Waals surface area contributed by atoms with Crippen molar-refractivity contribution in [3.05, 3.63) is 12.7 Å². The molecule has 0 spiro atoms. The monoisotopic (exact) mass is 697 g/mol. The fraction of sp³-hybridized carbons (Fsp3) is 0.800. The summed E-state index contributed by atoms with van der Waals surface area (Å²) in [5.74, 6) is -0.967. The Morgan fingerprint density at radius 1 is 1.02 bits per heavy atom. The van der Waals surface area contributed by atoms with Gasteiger partial charge in [0.25, 0.3) is 0 Å². The van der Waals surface area contributed by atoms with Crippen LogP contribution in [0.25, 0.3) is 0 Å². The molecule has 1 aliphatic rings. The van der Waals surface area contributed by atoms with Gasteiger partial charge in [0.2, 0.25) is 23.6 Å². The number of nitrogens with zero attached hydrogens (tertiary/aromatic N) is 1. The van der Waals surface area contributed by atoms with Gasteiger partial charge in [0.1, 0.15) is 23.7 Å². The van der Waals surface area contributed by atoms with Gasteiger partial charge in [-0.15, -0.1) is 6.58 Å². The van der Waals surface area contributed by atoms with Crippen LogP contribution in [0.5, 0.6) is 0 Å². The molecular formula is C35H63N5O7S. The Kier molecular flexibility index (Phi) is 17.5. The van der Waals surface area contributed by atoms with Crippen LogP contribution in [0.2, 0.25) is 0 Å². The fourth-order valence-electron chi connectivity index (χ4n) is 5.71. The van der Waals surface area contributed by atoms with Crippen LogP contribution in [0, 0.1) is 23.2 Å². The molecule has 0 aromatic heterocycles. The molecule has 276 valence electrons. The summed E-state index contributed by atoms with van der Waals surface area (Å²) in [4.78, 5) is 68.0. The summed E-state index contributed by atoms with van der Waals surface area (Å²) in [5, 5.41) is 22.7. The number of hydrogen-bond acceptors (Lipinski definition) is 8. The highest BCUT2D eigenvalue weighted by Gasteiger charge is 2.49. The van der Waals surface area contributed by atoms with Crippen LogP contribution in [0.4, 0.5) is 4.79 Å². The number of rotatable bonds is 19. The van der Waals surface area contributed by atoms with E-state index in [4.69, 9.17) is 4.74 Å². The van der Waals surface area contributed by atoms with E-state index in [0.717, 1.165) is 0 Å². The van der Waals surface area contributed by atoms with E-state index in [1.807, 2.05) is 34.0 Å². The third kappa shape index (κ3) is 13.6. The second-order valence-corrected chi connectivity index (χ2v) is 16.2. The van der Waals surface area contributed by atoms with Gasteiger partial charge < -0.3 is 36.0 Å². The van der Waals surface area contributed by atoms with E-state index in [1.165, 1.54) is 11.8 Å². The van der Waals surface area contributed by atoms with Crippen molar-refractivity contribution >= 4 is 41.5 Å². The van der Waals surface area contributed by atoms with E-state index in [1.54, 1.807) is 52.5 Å². The standard InChI is InChI=1S/C35H63N5O7S/c1-13-14-24(26(41)19-35(11)16-17-40(32(35)45)28(23(6)7)31(44)36-20-21(2)3)37-29(42)25(15-18-48-12)38-30(43)27(22(4)5)39-33(46)47-34(8,9)10/h13,21-28,41H,1,14-20H2,2-12H3,(H,36,44)(H,37,42)(H,38,43)(H,39,46)/t24-,25-,26-,27-,28-,35-/m0/s1. The Bertz CT molecular complexity index is 1110. The highest BCUT2D eigenvalue weighted by Crippen LogP contribution is 2.38. The molecule has 1 heterocycles. The maximum atomic E-state index is 13.8. The van der Waals surface area contributed by atoms with Crippen molar-refractivity contribution in [3.8, 4) is 0 Å². The first-order chi connectivity index (χ1) is 22.2. The Morgan fingerprint density at radius 3 is 2.15 bits per heavy atom. The molecule has 0 aliphatic carbocycles. The number of ether oxygens (including phenoxy) is 1. The van der Waals surface area contributed by atoms with E-state index < -0.39 is 59.2 Å². The lowest BCUT2D eigenvalue weighted by atomic mass is 9.80. The fourth-order valence-corrected chi connectivity index (χ4v) is 6.18. The molecule has 0 aromatic rings. The number of amides is 5. The van der Waals surface area contributed by atoms with Gasteiger partial charge in [-0.25, -0.2) is 4.79 Å². The summed E-state index contributed by atoms with van der Waals surface area (Å²) in [6.07, 6.45) is 2.69. The SMILES string of the molecule is C=CC[C@H](NC(=O)[C@H](CCSC)NC(=O)[C@@H](NC(=O)OC(C)(C)C)C(C)C)[C@@H](O)C[C@]1(C)CCN([C@H](C(=O)NCC(C)C)C(C)C)C1=O. The molecule has 0 aromatic carbocycles. The average Bonchev–Trinajstić information content (AvgIpc) is 3.24. The van der Waals surface area contributed by atoms with Gasteiger partial charge in [-0.1, -0.05) is 54.5 Å². The number of likely N-dealkylation sites (tertiary alicyclic amines) is 1. The van der Waals surface area contributed by atoms with Crippen molar-refractivity contribution in [1.29, 1.82) is 0 Å². The molecule has 0 saturated carbocycles. The molecule has 1 fully saturated rings. The summed E-state index contributed by atoms with van der Waals surface area (Å²) >= 11 is 1.52. The maximum Gasteiger partial charge on any atom is 0.408 e. The molecule has 1 aliphatic heterocycles. The zero-order valence-electron chi connectivity index (χ0n) is 31.1. The predicted octanol–water partition coefficient (Wildman–Crippen LogP) is 3.62. The molecule has 6 atom stereocenters. The van der Waals surface area contributed by atoms with Crippen LogP contribution in [0.3, 0.4) is 0 Å². The summed E-state index contributed by atoms with van der Waals surface area (Å²) in [5.41, 5.74) is -1.69. The molecule has 1 saturated heterocycles. The van der Waals surface area contributed by atoms with E-state index in [-0.39, 0.29) is 42.4 Å². The normalized spacial score (nSPS) is 19.8. The quantitative estimate of drug-likeness (QED) is 0.128. The minimum Gasteiger partial charge on any atom is -0.444 e. The second kappa shape index (κ2) is 19.4. The molecule has 13 heteroatoms. The third-order valence-electron chi connectivity index (χ3n) is 8.34.